The van der Waals surface area contributed by atoms with Crippen LogP contribution in [0.15, 0.2) is 48.0 Å². The molecule has 0 atom stereocenters. The van der Waals surface area contributed by atoms with Gasteiger partial charge in [-0.3, -0.25) is 0 Å². The van der Waals surface area contributed by atoms with Crippen molar-refractivity contribution in [3.8, 4) is 0 Å². The van der Waals surface area contributed by atoms with Gasteiger partial charge >= 0.3 is 0 Å². The first-order valence-electron chi connectivity index (χ1n) is 12.9. The van der Waals surface area contributed by atoms with Crippen LogP contribution in [0.4, 0.5) is 0 Å². The number of rotatable bonds is 9. The number of aliphatic hydroxyl groups is 1. The van der Waals surface area contributed by atoms with Crippen LogP contribution in [-0.4, -0.2) is 11.7 Å². The molecule has 0 spiro atoms. The van der Waals surface area contributed by atoms with Crippen molar-refractivity contribution in [1.82, 2.24) is 0 Å². The quantitative estimate of drug-likeness (QED) is 0.300. The summed E-state index contributed by atoms with van der Waals surface area (Å²) in [5.74, 6) is 0.235. The lowest BCUT2D eigenvalue weighted by atomic mass is 9.70. The minimum atomic E-state index is 0.0635. The van der Waals surface area contributed by atoms with E-state index in [4.69, 9.17) is 0 Å². The fraction of sp³-hybridized carbons (Fsp3) is 0.562. The van der Waals surface area contributed by atoms with E-state index in [1.807, 2.05) is 0 Å². The van der Waals surface area contributed by atoms with Gasteiger partial charge in [-0.1, -0.05) is 114 Å². The first kappa shape index (κ1) is 27.4. The zero-order valence-electron chi connectivity index (χ0n) is 22.8. The van der Waals surface area contributed by atoms with E-state index in [-0.39, 0.29) is 23.4 Å². The Labute approximate surface area is 204 Å². The molecule has 0 aromatic heterocycles. The van der Waals surface area contributed by atoms with E-state index in [0.29, 0.717) is 0 Å². The first-order chi connectivity index (χ1) is 15.4. The fourth-order valence-electron chi connectivity index (χ4n) is 4.91. The molecule has 1 N–H and O–H groups in total. The standard InChI is InChI=1S/C32H48O/c1-10-11-14-25(15-12-13-20-33)30(26-21-23(2)16-18-28(26)31(4,5)6)27-22-24(3)17-19-29(27)32(7,8)9/h14,16-19,21-22,30,33H,10-13,15,20H2,1-9H3. The molecular formula is C32H48O. The number of hydrogen-bond acceptors (Lipinski definition) is 1. The number of aryl methyl sites for hydroxylation is 2. The molecule has 0 heterocycles. The smallest absolute Gasteiger partial charge is 0.0431 e. The van der Waals surface area contributed by atoms with E-state index in [2.05, 4.69) is 105 Å². The molecule has 0 unspecified atom stereocenters. The van der Waals surface area contributed by atoms with Gasteiger partial charge in [-0.25, -0.2) is 0 Å². The summed E-state index contributed by atoms with van der Waals surface area (Å²) in [6.45, 7) is 21.0. The zero-order chi connectivity index (χ0) is 24.8. The van der Waals surface area contributed by atoms with Crippen molar-refractivity contribution < 1.29 is 5.11 Å². The Morgan fingerprint density at radius 2 is 1.30 bits per heavy atom. The van der Waals surface area contributed by atoms with Crippen molar-refractivity contribution in [2.75, 3.05) is 6.61 Å². The maximum Gasteiger partial charge on any atom is 0.0431 e. The van der Waals surface area contributed by atoms with Crippen LogP contribution in [0.2, 0.25) is 0 Å². The number of aliphatic hydroxyl groups excluding tert-OH is 1. The van der Waals surface area contributed by atoms with Gasteiger partial charge in [0.25, 0.3) is 0 Å². The summed E-state index contributed by atoms with van der Waals surface area (Å²) in [7, 11) is 0. The highest BCUT2D eigenvalue weighted by Crippen LogP contribution is 2.44. The van der Waals surface area contributed by atoms with Gasteiger partial charge in [0.2, 0.25) is 0 Å². The molecule has 0 aliphatic rings. The summed E-state index contributed by atoms with van der Waals surface area (Å²) in [5, 5.41) is 9.48. The first-order valence-corrected chi connectivity index (χ1v) is 12.9. The van der Waals surface area contributed by atoms with E-state index in [0.717, 1.165) is 32.1 Å². The molecule has 2 rings (SSSR count). The third-order valence-corrected chi connectivity index (χ3v) is 6.59. The Morgan fingerprint density at radius 3 is 1.70 bits per heavy atom. The van der Waals surface area contributed by atoms with Gasteiger partial charge in [-0.05, 0) is 72.6 Å². The second kappa shape index (κ2) is 11.5. The number of allylic oxidation sites excluding steroid dienone is 2. The van der Waals surface area contributed by atoms with Crippen molar-refractivity contribution in [3.63, 3.8) is 0 Å². The van der Waals surface area contributed by atoms with E-state index in [1.54, 1.807) is 0 Å². The van der Waals surface area contributed by atoms with Crippen molar-refractivity contribution in [3.05, 3.63) is 81.4 Å². The van der Waals surface area contributed by atoms with Crippen LogP contribution in [0.5, 0.6) is 0 Å². The summed E-state index contributed by atoms with van der Waals surface area (Å²) >= 11 is 0. The Kier molecular flexibility index (Phi) is 9.56. The van der Waals surface area contributed by atoms with Gasteiger partial charge in [0, 0.05) is 12.5 Å². The third kappa shape index (κ3) is 7.31. The summed E-state index contributed by atoms with van der Waals surface area (Å²) < 4.78 is 0. The van der Waals surface area contributed by atoms with Crippen LogP contribution in [-0.2, 0) is 10.8 Å². The van der Waals surface area contributed by atoms with Gasteiger partial charge in [0.1, 0.15) is 0 Å². The summed E-state index contributed by atoms with van der Waals surface area (Å²) in [6, 6.07) is 14.1. The minimum absolute atomic E-state index is 0.0635. The molecular weight excluding hydrogens is 400 g/mol. The van der Waals surface area contributed by atoms with Crippen molar-refractivity contribution in [2.45, 2.75) is 111 Å². The topological polar surface area (TPSA) is 20.2 Å². The highest BCUT2D eigenvalue weighted by molar-refractivity contribution is 5.52. The largest absolute Gasteiger partial charge is 0.396 e. The average molecular weight is 449 g/mol. The molecule has 2 aromatic carbocycles. The molecule has 0 amide bonds. The van der Waals surface area contributed by atoms with Gasteiger partial charge in [0.05, 0.1) is 0 Å². The molecule has 0 aliphatic carbocycles. The number of unbranched alkanes of at least 4 members (excludes halogenated alkanes) is 2. The van der Waals surface area contributed by atoms with E-state index in [9.17, 15) is 5.11 Å². The van der Waals surface area contributed by atoms with Crippen LogP contribution < -0.4 is 0 Å². The van der Waals surface area contributed by atoms with Crippen LogP contribution in [0, 0.1) is 13.8 Å². The molecule has 2 aromatic rings. The predicted octanol–water partition coefficient (Wildman–Crippen LogP) is 8.92. The molecule has 33 heavy (non-hydrogen) atoms. The third-order valence-electron chi connectivity index (χ3n) is 6.59. The van der Waals surface area contributed by atoms with Crippen molar-refractivity contribution in [2.24, 2.45) is 0 Å². The van der Waals surface area contributed by atoms with Crippen molar-refractivity contribution >= 4 is 0 Å². The molecule has 1 heteroatoms. The Hall–Kier alpha value is -1.86. The van der Waals surface area contributed by atoms with Gasteiger partial charge in [-0.2, -0.15) is 0 Å². The maximum atomic E-state index is 9.48. The number of hydrogen-bond donors (Lipinski definition) is 1. The normalized spacial score (nSPS) is 13.1. The maximum absolute atomic E-state index is 9.48. The summed E-state index contributed by atoms with van der Waals surface area (Å²) in [4.78, 5) is 0. The average Bonchev–Trinajstić information content (AvgIpc) is 2.70. The predicted molar refractivity (Wildman–Crippen MR) is 146 cm³/mol. The molecule has 0 bridgehead atoms. The van der Waals surface area contributed by atoms with Crippen LogP contribution in [0.1, 0.15) is 120 Å². The lowest BCUT2D eigenvalue weighted by Crippen LogP contribution is -2.22. The Morgan fingerprint density at radius 1 is 0.818 bits per heavy atom. The zero-order valence-corrected chi connectivity index (χ0v) is 22.8. The van der Waals surface area contributed by atoms with E-state index >= 15 is 0 Å². The summed E-state index contributed by atoms with van der Waals surface area (Å²) in [5.41, 5.74) is 10.0. The second-order valence-corrected chi connectivity index (χ2v) is 11.9. The monoisotopic (exact) mass is 448 g/mol. The number of benzene rings is 2. The van der Waals surface area contributed by atoms with Crippen LogP contribution in [0.25, 0.3) is 0 Å². The fourth-order valence-corrected chi connectivity index (χ4v) is 4.91. The highest BCUT2D eigenvalue weighted by atomic mass is 16.2. The SMILES string of the molecule is CCCC=C(CCCCO)C(c1cc(C)ccc1C(C)(C)C)c1cc(C)ccc1C(C)(C)C. The minimum Gasteiger partial charge on any atom is -0.396 e. The molecule has 0 saturated carbocycles. The van der Waals surface area contributed by atoms with Gasteiger partial charge < -0.3 is 5.11 Å². The van der Waals surface area contributed by atoms with E-state index < -0.39 is 0 Å². The van der Waals surface area contributed by atoms with E-state index in [1.165, 1.54) is 39.0 Å². The van der Waals surface area contributed by atoms with Gasteiger partial charge in [-0.15, -0.1) is 0 Å². The molecule has 182 valence electrons. The van der Waals surface area contributed by atoms with Crippen LogP contribution >= 0.6 is 0 Å². The lowest BCUT2D eigenvalue weighted by molar-refractivity contribution is 0.284. The highest BCUT2D eigenvalue weighted by Gasteiger charge is 2.30. The molecule has 1 nitrogen and oxygen atoms in total. The summed E-state index contributed by atoms with van der Waals surface area (Å²) in [6.07, 6.45) is 7.66. The molecule has 0 radical (unpaired) electrons. The molecule has 0 aliphatic heterocycles. The Bertz CT molecular complexity index is 870. The second-order valence-electron chi connectivity index (χ2n) is 11.9. The molecule has 0 saturated heterocycles. The van der Waals surface area contributed by atoms with Crippen molar-refractivity contribution in [1.29, 1.82) is 0 Å². The molecule has 0 fully saturated rings. The Balaban J connectivity index is 2.91. The van der Waals surface area contributed by atoms with Gasteiger partial charge in [0.15, 0.2) is 0 Å². The van der Waals surface area contributed by atoms with Crippen LogP contribution in [0.3, 0.4) is 0 Å². The lowest BCUT2D eigenvalue weighted by Gasteiger charge is -2.34.